The highest BCUT2D eigenvalue weighted by Gasteiger charge is 2.38. The van der Waals surface area contributed by atoms with Gasteiger partial charge in [0.1, 0.15) is 6.04 Å². The van der Waals surface area contributed by atoms with Crippen LogP contribution >= 0.6 is 46.1 Å². The van der Waals surface area contributed by atoms with E-state index >= 15 is 0 Å². The molecule has 1 aromatic carbocycles. The van der Waals surface area contributed by atoms with Gasteiger partial charge in [0, 0.05) is 21.5 Å². The summed E-state index contributed by atoms with van der Waals surface area (Å²) in [6.07, 6.45) is 1.48. The topological polar surface area (TPSA) is 40.5 Å². The molecule has 2 atom stereocenters. The Bertz CT molecular complexity index is 734. The molecule has 1 aromatic heterocycles. The quantitative estimate of drug-likeness (QED) is 0.765. The zero-order valence-electron chi connectivity index (χ0n) is 12.0. The number of carbonyl (C=O) groups is 1. The highest BCUT2D eigenvalue weighted by atomic mass is 35.5. The summed E-state index contributed by atoms with van der Waals surface area (Å²) in [5.74, 6) is -0.805. The highest BCUT2D eigenvalue weighted by Crippen LogP contribution is 2.41. The van der Waals surface area contributed by atoms with Gasteiger partial charge in [0.05, 0.1) is 10.4 Å². The molecule has 1 saturated heterocycles. The van der Waals surface area contributed by atoms with Gasteiger partial charge in [0.25, 0.3) is 0 Å². The van der Waals surface area contributed by atoms with Crippen molar-refractivity contribution in [3.05, 3.63) is 55.2 Å². The number of carboxylic acid groups (broad SMARTS) is 1. The summed E-state index contributed by atoms with van der Waals surface area (Å²) in [5.41, 5.74) is 0.850. The highest BCUT2D eigenvalue weighted by molar-refractivity contribution is 7.16. The molecule has 0 aliphatic carbocycles. The number of likely N-dealkylation sites (tertiary alicyclic amines) is 1. The number of hydrogen-bond acceptors (Lipinski definition) is 3. The fraction of sp³-hybridized carbons (Fsp3) is 0.312. The zero-order valence-corrected chi connectivity index (χ0v) is 15.1. The summed E-state index contributed by atoms with van der Waals surface area (Å²) >= 11 is 19.9. The largest absolute Gasteiger partial charge is 0.480 e. The van der Waals surface area contributed by atoms with Crippen molar-refractivity contribution in [3.8, 4) is 0 Å². The molecule has 1 aliphatic heterocycles. The van der Waals surface area contributed by atoms with Gasteiger partial charge in [-0.05, 0) is 42.7 Å². The summed E-state index contributed by atoms with van der Waals surface area (Å²) < 4.78 is 0.668. The normalized spacial score (nSPS) is 19.9. The van der Waals surface area contributed by atoms with Crippen molar-refractivity contribution in [2.24, 2.45) is 0 Å². The van der Waals surface area contributed by atoms with E-state index < -0.39 is 12.0 Å². The fourth-order valence-corrected chi connectivity index (χ4v) is 4.77. The molecule has 2 heterocycles. The molecular formula is C16H14Cl3NO2S. The lowest BCUT2D eigenvalue weighted by Crippen LogP contribution is -2.39. The molecule has 1 aliphatic rings. The van der Waals surface area contributed by atoms with Crippen LogP contribution in [-0.2, 0) is 4.79 Å². The lowest BCUT2D eigenvalue weighted by Gasteiger charge is -2.31. The second-order valence-electron chi connectivity index (χ2n) is 5.44. The van der Waals surface area contributed by atoms with Crippen molar-refractivity contribution in [3.63, 3.8) is 0 Å². The molecule has 0 radical (unpaired) electrons. The third kappa shape index (κ3) is 3.52. The van der Waals surface area contributed by atoms with E-state index in [-0.39, 0.29) is 6.04 Å². The van der Waals surface area contributed by atoms with Gasteiger partial charge in [-0.25, -0.2) is 0 Å². The molecule has 0 amide bonds. The van der Waals surface area contributed by atoms with Gasteiger partial charge < -0.3 is 5.11 Å². The third-order valence-corrected chi connectivity index (χ3v) is 5.88. The summed E-state index contributed by atoms with van der Waals surface area (Å²) in [7, 11) is 0. The molecule has 3 nitrogen and oxygen atoms in total. The molecule has 2 aromatic rings. The number of hydrogen-bond donors (Lipinski definition) is 1. The van der Waals surface area contributed by atoms with Crippen molar-refractivity contribution >= 4 is 52.1 Å². The Morgan fingerprint density at radius 2 is 2.04 bits per heavy atom. The van der Waals surface area contributed by atoms with Crippen LogP contribution in [0.1, 0.15) is 29.3 Å². The Hall–Kier alpha value is -0.780. The molecule has 7 heteroatoms. The first kappa shape index (κ1) is 17.1. The van der Waals surface area contributed by atoms with Crippen molar-refractivity contribution in [1.29, 1.82) is 0 Å². The van der Waals surface area contributed by atoms with Crippen molar-refractivity contribution in [2.45, 2.75) is 24.9 Å². The van der Waals surface area contributed by atoms with Crippen LogP contribution in [0.15, 0.2) is 30.3 Å². The Morgan fingerprint density at radius 3 is 2.65 bits per heavy atom. The molecule has 2 unspecified atom stereocenters. The summed E-state index contributed by atoms with van der Waals surface area (Å²) in [4.78, 5) is 14.6. The first-order valence-corrected chi connectivity index (χ1v) is 9.11. The zero-order chi connectivity index (χ0) is 16.6. The monoisotopic (exact) mass is 389 g/mol. The van der Waals surface area contributed by atoms with Gasteiger partial charge in [-0.3, -0.25) is 9.69 Å². The first-order chi connectivity index (χ1) is 11.0. The van der Waals surface area contributed by atoms with E-state index in [0.29, 0.717) is 27.3 Å². The molecule has 0 spiro atoms. The van der Waals surface area contributed by atoms with Crippen molar-refractivity contribution in [1.82, 2.24) is 4.90 Å². The predicted molar refractivity (Wildman–Crippen MR) is 95.0 cm³/mol. The second-order valence-corrected chi connectivity index (χ2v) is 8.03. The number of carboxylic acids is 1. The van der Waals surface area contributed by atoms with Crippen LogP contribution in [0.5, 0.6) is 0 Å². The molecule has 1 fully saturated rings. The van der Waals surface area contributed by atoms with E-state index in [1.54, 1.807) is 12.1 Å². The van der Waals surface area contributed by atoms with Crippen LogP contribution in [0.3, 0.4) is 0 Å². The molecule has 122 valence electrons. The summed E-state index contributed by atoms with van der Waals surface area (Å²) in [5, 5.41) is 10.6. The van der Waals surface area contributed by atoms with Gasteiger partial charge in [-0.15, -0.1) is 11.3 Å². The third-order valence-electron chi connectivity index (χ3n) is 4.03. The molecule has 23 heavy (non-hydrogen) atoms. The number of nitrogens with zero attached hydrogens (tertiary/aromatic N) is 1. The summed E-state index contributed by atoms with van der Waals surface area (Å²) in [6.45, 7) is 0.704. The number of aliphatic carboxylic acids is 1. The van der Waals surface area contributed by atoms with Crippen molar-refractivity contribution in [2.75, 3.05) is 6.54 Å². The van der Waals surface area contributed by atoms with Gasteiger partial charge in [0.2, 0.25) is 0 Å². The minimum Gasteiger partial charge on any atom is -0.480 e. The summed E-state index contributed by atoms with van der Waals surface area (Å²) in [6, 6.07) is 8.32. The maximum atomic E-state index is 11.6. The van der Waals surface area contributed by atoms with E-state index in [2.05, 4.69) is 0 Å². The van der Waals surface area contributed by atoms with E-state index in [1.807, 2.05) is 23.1 Å². The van der Waals surface area contributed by atoms with E-state index in [9.17, 15) is 9.90 Å². The number of thiophene rings is 1. The Morgan fingerprint density at radius 1 is 1.26 bits per heavy atom. The molecule has 0 bridgehead atoms. The second kappa shape index (κ2) is 6.99. The number of benzene rings is 1. The fourth-order valence-electron chi connectivity index (χ4n) is 3.06. The predicted octanol–water partition coefficient (Wildman–Crippen LogP) is 5.35. The van der Waals surface area contributed by atoms with Gasteiger partial charge in [-0.1, -0.05) is 40.9 Å². The van der Waals surface area contributed by atoms with E-state index in [4.69, 9.17) is 34.8 Å². The molecule has 0 saturated carbocycles. The lowest BCUT2D eigenvalue weighted by molar-refractivity contribution is -0.142. The lowest BCUT2D eigenvalue weighted by atomic mass is 10.0. The Balaban J connectivity index is 2.09. The van der Waals surface area contributed by atoms with Crippen LogP contribution in [0.2, 0.25) is 14.4 Å². The van der Waals surface area contributed by atoms with Crippen LogP contribution in [-0.4, -0.2) is 28.6 Å². The maximum absolute atomic E-state index is 11.6. The average molecular weight is 391 g/mol. The van der Waals surface area contributed by atoms with Crippen LogP contribution in [0.4, 0.5) is 0 Å². The minimum absolute atomic E-state index is 0.235. The van der Waals surface area contributed by atoms with Gasteiger partial charge in [-0.2, -0.15) is 0 Å². The van der Waals surface area contributed by atoms with Gasteiger partial charge in [0.15, 0.2) is 0 Å². The van der Waals surface area contributed by atoms with E-state index in [0.717, 1.165) is 16.9 Å². The van der Waals surface area contributed by atoms with Crippen molar-refractivity contribution < 1.29 is 9.90 Å². The van der Waals surface area contributed by atoms with Crippen LogP contribution in [0, 0.1) is 0 Å². The first-order valence-electron chi connectivity index (χ1n) is 7.16. The standard InChI is InChI=1S/C16H14Cl3NO2S/c17-9-3-4-10(11(18)8-9)15(13-5-6-14(19)23-13)20-7-1-2-12(20)16(21)22/h3-6,8,12,15H,1-2,7H2,(H,21,22). The number of rotatable bonds is 4. The molecular weight excluding hydrogens is 377 g/mol. The maximum Gasteiger partial charge on any atom is 0.320 e. The smallest absolute Gasteiger partial charge is 0.320 e. The Kier molecular flexibility index (Phi) is 5.19. The number of halogens is 3. The van der Waals surface area contributed by atoms with E-state index in [1.165, 1.54) is 11.3 Å². The SMILES string of the molecule is O=C(O)C1CCCN1C(c1ccc(Cl)s1)c1ccc(Cl)cc1Cl. The van der Waals surface area contributed by atoms with Gasteiger partial charge >= 0.3 is 5.97 Å². The minimum atomic E-state index is -0.805. The van der Waals surface area contributed by atoms with Crippen LogP contribution in [0.25, 0.3) is 0 Å². The van der Waals surface area contributed by atoms with Crippen LogP contribution < -0.4 is 0 Å². The average Bonchev–Trinajstić information content (AvgIpc) is 3.11. The molecule has 3 rings (SSSR count). The Labute approximate surface area is 153 Å². The molecule has 1 N–H and O–H groups in total.